The van der Waals surface area contributed by atoms with E-state index < -0.39 is 12.1 Å². The molecule has 0 aliphatic carbocycles. The summed E-state index contributed by atoms with van der Waals surface area (Å²) >= 11 is 0. The molecule has 0 radical (unpaired) electrons. The van der Waals surface area contributed by atoms with Crippen LogP contribution in [0, 0.1) is 5.95 Å². The lowest BCUT2D eigenvalue weighted by molar-refractivity contribution is 0.259. The van der Waals surface area contributed by atoms with E-state index in [9.17, 15) is 8.78 Å². The number of epoxide rings is 1. The molecule has 0 amide bonds. The van der Waals surface area contributed by atoms with Gasteiger partial charge in [-0.1, -0.05) is 71.6 Å². The number of unbranched alkanes of at least 4 members (excludes halogenated alkanes) is 7. The Morgan fingerprint density at radius 2 is 1.58 bits per heavy atom. The highest BCUT2D eigenvalue weighted by molar-refractivity contribution is 5.60. The third kappa shape index (κ3) is 8.37. The molecule has 1 fully saturated rings. The molecule has 3 rings (SSSR count). The van der Waals surface area contributed by atoms with Gasteiger partial charge in [-0.3, -0.25) is 0 Å². The van der Waals surface area contributed by atoms with Crippen molar-refractivity contribution in [2.24, 2.45) is 0 Å². The molecule has 3 nitrogen and oxygen atoms in total. The van der Waals surface area contributed by atoms with Gasteiger partial charge in [0, 0.05) is 11.1 Å². The molecule has 1 aromatic carbocycles. The molecule has 3 unspecified atom stereocenters. The number of hydrogen-bond acceptors (Lipinski definition) is 3. The highest BCUT2D eigenvalue weighted by atomic mass is 19.1. The fraction of sp³-hybridized carbons (Fsp3) is 0.607. The number of ether oxygens (including phenoxy) is 2. The molecule has 0 spiro atoms. The molecule has 1 saturated heterocycles. The van der Waals surface area contributed by atoms with Crippen LogP contribution in [0.25, 0.3) is 11.3 Å². The summed E-state index contributed by atoms with van der Waals surface area (Å²) in [4.78, 5) is 4.03. The van der Waals surface area contributed by atoms with Crippen molar-refractivity contribution in [3.05, 3.63) is 47.9 Å². The second-order valence-electron chi connectivity index (χ2n) is 9.14. The Bertz CT molecular complexity index is 827. The van der Waals surface area contributed by atoms with E-state index in [1.54, 1.807) is 6.07 Å². The van der Waals surface area contributed by atoms with E-state index in [4.69, 9.17) is 9.47 Å². The summed E-state index contributed by atoms with van der Waals surface area (Å²) in [5, 5.41) is 0. The number of benzene rings is 1. The number of rotatable bonds is 16. The molecule has 182 valence electrons. The lowest BCUT2D eigenvalue weighted by Crippen LogP contribution is -2.07. The van der Waals surface area contributed by atoms with E-state index in [1.165, 1.54) is 44.6 Å². The van der Waals surface area contributed by atoms with Crippen molar-refractivity contribution in [2.75, 3.05) is 6.61 Å². The maximum Gasteiger partial charge on any atom is 0.219 e. The number of hydrogen-bond donors (Lipinski definition) is 0. The number of halogens is 2. The molecule has 5 heteroatoms. The third-order valence-corrected chi connectivity index (χ3v) is 6.37. The van der Waals surface area contributed by atoms with Crippen LogP contribution >= 0.6 is 0 Å². The SMILES string of the molecule is CCCCCCCCCC(F)c1ccc(-c2ccc(OCC3OC3CCCC)cc2)nc1F. The molecule has 3 atom stereocenters. The predicted molar refractivity (Wildman–Crippen MR) is 130 cm³/mol. The second-order valence-corrected chi connectivity index (χ2v) is 9.14. The zero-order valence-corrected chi connectivity index (χ0v) is 20.2. The summed E-state index contributed by atoms with van der Waals surface area (Å²) in [6.45, 7) is 4.92. The summed E-state index contributed by atoms with van der Waals surface area (Å²) in [6.07, 6.45) is 10.9. The smallest absolute Gasteiger partial charge is 0.219 e. The van der Waals surface area contributed by atoms with E-state index in [1.807, 2.05) is 24.3 Å². The number of pyridine rings is 1. The topological polar surface area (TPSA) is 34.6 Å². The van der Waals surface area contributed by atoms with Crippen molar-refractivity contribution >= 4 is 0 Å². The fourth-order valence-corrected chi connectivity index (χ4v) is 4.16. The minimum Gasteiger partial charge on any atom is -0.491 e. The van der Waals surface area contributed by atoms with Gasteiger partial charge in [0.05, 0.1) is 11.8 Å². The van der Waals surface area contributed by atoms with Crippen molar-refractivity contribution in [1.29, 1.82) is 0 Å². The van der Waals surface area contributed by atoms with Gasteiger partial charge in [0.2, 0.25) is 5.95 Å². The maximum atomic E-state index is 14.6. The average Bonchev–Trinajstić information content (AvgIpc) is 3.59. The fourth-order valence-electron chi connectivity index (χ4n) is 4.16. The standard InChI is InChI=1S/C28H39F2NO2/c1-3-5-7-8-9-10-11-12-24(29)23-18-19-25(31-28(23)30)21-14-16-22(17-15-21)32-20-27-26(33-27)13-6-4-2/h14-19,24,26-27H,3-13,20H2,1-2H3. The van der Waals surface area contributed by atoms with E-state index in [0.29, 0.717) is 24.8 Å². The first kappa shape index (κ1) is 25.6. The van der Waals surface area contributed by atoms with Gasteiger partial charge in [-0.15, -0.1) is 0 Å². The van der Waals surface area contributed by atoms with Gasteiger partial charge in [-0.2, -0.15) is 4.39 Å². The molecular formula is C28H39F2NO2. The van der Waals surface area contributed by atoms with Crippen LogP contribution in [-0.2, 0) is 4.74 Å². The minimum atomic E-state index is -1.30. The van der Waals surface area contributed by atoms with Gasteiger partial charge in [-0.25, -0.2) is 9.37 Å². The summed E-state index contributed by atoms with van der Waals surface area (Å²) < 4.78 is 40.5. The molecule has 1 aliphatic rings. The molecular weight excluding hydrogens is 420 g/mol. The maximum absolute atomic E-state index is 14.6. The molecule has 0 saturated carbocycles. The zero-order chi connectivity index (χ0) is 23.5. The highest BCUT2D eigenvalue weighted by Crippen LogP contribution is 2.30. The van der Waals surface area contributed by atoms with Gasteiger partial charge in [0.15, 0.2) is 0 Å². The summed E-state index contributed by atoms with van der Waals surface area (Å²) in [5.41, 5.74) is 1.33. The summed E-state index contributed by atoms with van der Waals surface area (Å²) in [6, 6.07) is 10.6. The van der Waals surface area contributed by atoms with Crippen molar-refractivity contribution in [2.45, 2.75) is 103 Å². The van der Waals surface area contributed by atoms with Crippen LogP contribution in [0.4, 0.5) is 8.78 Å². The summed E-state index contributed by atoms with van der Waals surface area (Å²) in [5.74, 6) is 0.0337. The van der Waals surface area contributed by atoms with Gasteiger partial charge >= 0.3 is 0 Å². The Balaban J connectivity index is 1.44. The molecule has 2 aromatic rings. The zero-order valence-electron chi connectivity index (χ0n) is 20.2. The lowest BCUT2D eigenvalue weighted by atomic mass is 10.0. The van der Waals surface area contributed by atoms with Crippen LogP contribution < -0.4 is 4.74 Å². The van der Waals surface area contributed by atoms with E-state index in [0.717, 1.165) is 37.0 Å². The van der Waals surface area contributed by atoms with E-state index >= 15 is 0 Å². The molecule has 0 N–H and O–H groups in total. The lowest BCUT2D eigenvalue weighted by Gasteiger charge is -2.11. The van der Waals surface area contributed by atoms with Crippen LogP contribution in [-0.4, -0.2) is 23.8 Å². The van der Waals surface area contributed by atoms with Gasteiger partial charge < -0.3 is 9.47 Å². The number of aromatic nitrogens is 1. The van der Waals surface area contributed by atoms with E-state index in [2.05, 4.69) is 18.8 Å². The molecule has 0 bridgehead atoms. The minimum absolute atomic E-state index is 0.0618. The van der Waals surface area contributed by atoms with Crippen molar-refractivity contribution in [3.63, 3.8) is 0 Å². The van der Waals surface area contributed by atoms with Crippen molar-refractivity contribution in [1.82, 2.24) is 4.98 Å². The first-order valence-corrected chi connectivity index (χ1v) is 12.8. The first-order valence-electron chi connectivity index (χ1n) is 12.8. The van der Waals surface area contributed by atoms with Gasteiger partial charge in [-0.05, 0) is 49.2 Å². The number of alkyl halides is 1. The van der Waals surface area contributed by atoms with Crippen LogP contribution in [0.2, 0.25) is 0 Å². The molecule has 1 aliphatic heterocycles. The van der Waals surface area contributed by atoms with Crippen LogP contribution in [0.3, 0.4) is 0 Å². The largest absolute Gasteiger partial charge is 0.491 e. The normalized spacial score (nSPS) is 18.3. The first-order chi connectivity index (χ1) is 16.1. The van der Waals surface area contributed by atoms with E-state index in [-0.39, 0.29) is 11.7 Å². The number of nitrogens with zero attached hydrogens (tertiary/aromatic N) is 1. The van der Waals surface area contributed by atoms with Crippen LogP contribution in [0.5, 0.6) is 5.75 Å². The molecule has 2 heterocycles. The Kier molecular flexibility index (Phi) is 10.6. The monoisotopic (exact) mass is 459 g/mol. The predicted octanol–water partition coefficient (Wildman–Crippen LogP) is 8.38. The molecule has 1 aromatic heterocycles. The van der Waals surface area contributed by atoms with Gasteiger partial charge in [0.1, 0.15) is 24.6 Å². The Hall–Kier alpha value is -2.01. The average molecular weight is 460 g/mol. The second kappa shape index (κ2) is 13.6. The third-order valence-electron chi connectivity index (χ3n) is 6.37. The van der Waals surface area contributed by atoms with Gasteiger partial charge in [0.25, 0.3) is 0 Å². The quantitative estimate of drug-likeness (QED) is 0.144. The van der Waals surface area contributed by atoms with Crippen molar-refractivity contribution in [3.8, 4) is 17.0 Å². The molecule has 33 heavy (non-hydrogen) atoms. The van der Waals surface area contributed by atoms with Crippen LogP contribution in [0.1, 0.15) is 96.2 Å². The Morgan fingerprint density at radius 3 is 2.27 bits per heavy atom. The van der Waals surface area contributed by atoms with Crippen molar-refractivity contribution < 1.29 is 18.3 Å². The van der Waals surface area contributed by atoms with Crippen LogP contribution in [0.15, 0.2) is 36.4 Å². The highest BCUT2D eigenvalue weighted by Gasteiger charge is 2.38. The Labute approximate surface area is 197 Å². The Morgan fingerprint density at radius 1 is 0.879 bits per heavy atom. The summed E-state index contributed by atoms with van der Waals surface area (Å²) in [7, 11) is 0.